The SMILES string of the molecule is CC(C)c1nc(CCOCC(F)F)sc1CNC1CC1. The summed E-state index contributed by atoms with van der Waals surface area (Å²) in [6.07, 6.45) is 0.755. The molecule has 0 bridgehead atoms. The Labute approximate surface area is 122 Å². The smallest absolute Gasteiger partial charge is 0.261 e. The van der Waals surface area contributed by atoms with Gasteiger partial charge in [-0.3, -0.25) is 0 Å². The minimum absolute atomic E-state index is 0.310. The van der Waals surface area contributed by atoms with E-state index in [0.29, 0.717) is 25.0 Å². The summed E-state index contributed by atoms with van der Waals surface area (Å²) in [7, 11) is 0. The summed E-state index contributed by atoms with van der Waals surface area (Å²) >= 11 is 1.68. The monoisotopic (exact) mass is 304 g/mol. The Kier molecular flexibility index (Phi) is 5.86. The normalized spacial score (nSPS) is 15.5. The molecular formula is C14H22F2N2OS. The van der Waals surface area contributed by atoms with E-state index in [2.05, 4.69) is 24.1 Å². The topological polar surface area (TPSA) is 34.1 Å². The van der Waals surface area contributed by atoms with Gasteiger partial charge in [0.2, 0.25) is 0 Å². The Hall–Kier alpha value is -0.590. The fourth-order valence-electron chi connectivity index (χ4n) is 1.96. The number of nitrogens with one attached hydrogen (secondary N) is 1. The average molecular weight is 304 g/mol. The molecule has 1 heterocycles. The zero-order valence-corrected chi connectivity index (χ0v) is 12.8. The summed E-state index contributed by atoms with van der Waals surface area (Å²) in [5.74, 6) is 0.387. The molecule has 0 aromatic carbocycles. The number of hydrogen-bond donors (Lipinski definition) is 1. The average Bonchev–Trinajstić information content (AvgIpc) is 3.12. The molecule has 0 radical (unpaired) electrons. The quantitative estimate of drug-likeness (QED) is 0.711. The molecule has 1 saturated carbocycles. The van der Waals surface area contributed by atoms with E-state index in [1.807, 2.05) is 0 Å². The summed E-state index contributed by atoms with van der Waals surface area (Å²) in [5, 5.41) is 4.49. The number of nitrogens with zero attached hydrogens (tertiary/aromatic N) is 1. The summed E-state index contributed by atoms with van der Waals surface area (Å²) in [6, 6.07) is 0.676. The van der Waals surface area contributed by atoms with Crippen LogP contribution in [0, 0.1) is 0 Å². The molecule has 3 nitrogen and oxygen atoms in total. The predicted octanol–water partition coefficient (Wildman–Crippen LogP) is 3.34. The minimum Gasteiger partial charge on any atom is -0.375 e. The van der Waals surface area contributed by atoms with Gasteiger partial charge in [0.15, 0.2) is 0 Å². The van der Waals surface area contributed by atoms with Crippen molar-refractivity contribution in [3.8, 4) is 0 Å². The molecule has 1 aliphatic carbocycles. The molecular weight excluding hydrogens is 282 g/mol. The van der Waals surface area contributed by atoms with Crippen LogP contribution in [0.1, 0.15) is 48.2 Å². The maximum Gasteiger partial charge on any atom is 0.261 e. The van der Waals surface area contributed by atoms with Crippen molar-refractivity contribution >= 4 is 11.3 Å². The van der Waals surface area contributed by atoms with Gasteiger partial charge in [0.05, 0.1) is 17.3 Å². The first-order valence-electron chi connectivity index (χ1n) is 7.14. The Morgan fingerprint density at radius 3 is 2.75 bits per heavy atom. The van der Waals surface area contributed by atoms with Crippen molar-refractivity contribution in [1.82, 2.24) is 10.3 Å². The van der Waals surface area contributed by atoms with Crippen molar-refractivity contribution in [2.45, 2.75) is 58.0 Å². The van der Waals surface area contributed by atoms with Gasteiger partial charge in [0.25, 0.3) is 6.43 Å². The fraction of sp³-hybridized carbons (Fsp3) is 0.786. The highest BCUT2D eigenvalue weighted by molar-refractivity contribution is 7.11. The van der Waals surface area contributed by atoms with Crippen LogP contribution in [0.15, 0.2) is 0 Å². The van der Waals surface area contributed by atoms with E-state index in [4.69, 9.17) is 4.74 Å². The molecule has 1 aromatic rings. The van der Waals surface area contributed by atoms with Crippen LogP contribution >= 0.6 is 11.3 Å². The summed E-state index contributed by atoms with van der Waals surface area (Å²) in [4.78, 5) is 5.91. The number of halogens is 2. The van der Waals surface area contributed by atoms with Crippen LogP contribution in [0.3, 0.4) is 0 Å². The van der Waals surface area contributed by atoms with Gasteiger partial charge < -0.3 is 10.1 Å². The predicted molar refractivity (Wildman–Crippen MR) is 76.6 cm³/mol. The van der Waals surface area contributed by atoms with E-state index >= 15 is 0 Å². The van der Waals surface area contributed by atoms with Crippen molar-refractivity contribution in [3.63, 3.8) is 0 Å². The van der Waals surface area contributed by atoms with Gasteiger partial charge in [0.1, 0.15) is 6.61 Å². The van der Waals surface area contributed by atoms with E-state index in [1.165, 1.54) is 17.7 Å². The molecule has 2 rings (SSSR count). The standard InChI is InChI=1S/C14H22F2N2OS/c1-9(2)14-11(7-17-10-3-4-10)20-13(18-14)5-6-19-8-12(15)16/h9-10,12,17H,3-8H2,1-2H3. The molecule has 6 heteroatoms. The van der Waals surface area contributed by atoms with Crippen LogP contribution < -0.4 is 5.32 Å². The van der Waals surface area contributed by atoms with Gasteiger partial charge in [0, 0.05) is 23.9 Å². The third-order valence-electron chi connectivity index (χ3n) is 3.15. The van der Waals surface area contributed by atoms with Crippen LogP contribution in [0.4, 0.5) is 8.78 Å². The van der Waals surface area contributed by atoms with Gasteiger partial charge in [-0.2, -0.15) is 0 Å². The number of alkyl halides is 2. The molecule has 20 heavy (non-hydrogen) atoms. The molecule has 1 aliphatic rings. The second-order valence-electron chi connectivity index (χ2n) is 5.44. The van der Waals surface area contributed by atoms with Gasteiger partial charge in [-0.25, -0.2) is 13.8 Å². The van der Waals surface area contributed by atoms with Crippen LogP contribution in [-0.2, 0) is 17.7 Å². The molecule has 0 saturated heterocycles. The number of thiazole rings is 1. The van der Waals surface area contributed by atoms with Crippen LogP contribution in [0.2, 0.25) is 0 Å². The molecule has 0 aliphatic heterocycles. The van der Waals surface area contributed by atoms with Gasteiger partial charge in [-0.15, -0.1) is 11.3 Å². The zero-order valence-electron chi connectivity index (χ0n) is 12.0. The van der Waals surface area contributed by atoms with E-state index in [0.717, 1.165) is 17.2 Å². The number of ether oxygens (including phenoxy) is 1. The second kappa shape index (κ2) is 7.43. The first kappa shape index (κ1) is 15.8. The molecule has 0 amide bonds. The van der Waals surface area contributed by atoms with E-state index < -0.39 is 13.0 Å². The number of aromatic nitrogens is 1. The fourth-order valence-corrected chi connectivity index (χ4v) is 3.11. The molecule has 0 spiro atoms. The number of hydrogen-bond acceptors (Lipinski definition) is 4. The van der Waals surface area contributed by atoms with Gasteiger partial charge in [-0.1, -0.05) is 13.8 Å². The largest absolute Gasteiger partial charge is 0.375 e. The lowest BCUT2D eigenvalue weighted by atomic mass is 10.1. The lowest BCUT2D eigenvalue weighted by Crippen LogP contribution is -2.15. The lowest BCUT2D eigenvalue weighted by Gasteiger charge is -2.05. The Morgan fingerprint density at radius 1 is 1.40 bits per heavy atom. The Morgan fingerprint density at radius 2 is 2.15 bits per heavy atom. The zero-order chi connectivity index (χ0) is 14.5. The van der Waals surface area contributed by atoms with Crippen LogP contribution in [0.25, 0.3) is 0 Å². The molecule has 114 valence electrons. The molecule has 0 atom stereocenters. The highest BCUT2D eigenvalue weighted by atomic mass is 32.1. The maximum atomic E-state index is 12.0. The highest BCUT2D eigenvalue weighted by Gasteiger charge is 2.22. The number of rotatable bonds is 9. The summed E-state index contributed by atoms with van der Waals surface area (Å²) in [6.45, 7) is 4.95. The van der Waals surface area contributed by atoms with Gasteiger partial charge in [-0.05, 0) is 18.8 Å². The van der Waals surface area contributed by atoms with E-state index in [9.17, 15) is 8.78 Å². The van der Waals surface area contributed by atoms with Crippen molar-refractivity contribution in [1.29, 1.82) is 0 Å². The Bertz CT molecular complexity index is 419. The summed E-state index contributed by atoms with van der Waals surface area (Å²) in [5.41, 5.74) is 1.13. The summed E-state index contributed by atoms with van der Waals surface area (Å²) < 4.78 is 28.9. The first-order chi connectivity index (χ1) is 9.56. The van der Waals surface area contributed by atoms with Gasteiger partial charge >= 0.3 is 0 Å². The maximum absolute atomic E-state index is 12.0. The van der Waals surface area contributed by atoms with Crippen LogP contribution in [-0.4, -0.2) is 30.7 Å². The Balaban J connectivity index is 1.86. The highest BCUT2D eigenvalue weighted by Crippen LogP contribution is 2.27. The second-order valence-corrected chi connectivity index (χ2v) is 6.61. The molecule has 1 fully saturated rings. The first-order valence-corrected chi connectivity index (χ1v) is 7.95. The molecule has 1 N–H and O–H groups in total. The molecule has 0 unspecified atom stereocenters. The third kappa shape index (κ3) is 5.07. The lowest BCUT2D eigenvalue weighted by molar-refractivity contribution is 0.0187. The van der Waals surface area contributed by atoms with Crippen LogP contribution in [0.5, 0.6) is 0 Å². The van der Waals surface area contributed by atoms with E-state index in [1.54, 1.807) is 11.3 Å². The van der Waals surface area contributed by atoms with Crippen molar-refractivity contribution in [2.75, 3.05) is 13.2 Å². The molecule has 1 aromatic heterocycles. The van der Waals surface area contributed by atoms with Crippen molar-refractivity contribution < 1.29 is 13.5 Å². The van der Waals surface area contributed by atoms with Crippen molar-refractivity contribution in [3.05, 3.63) is 15.6 Å². The minimum atomic E-state index is -2.39. The van der Waals surface area contributed by atoms with Crippen molar-refractivity contribution in [2.24, 2.45) is 0 Å². The third-order valence-corrected chi connectivity index (χ3v) is 4.28. The van der Waals surface area contributed by atoms with E-state index in [-0.39, 0.29) is 0 Å².